The minimum atomic E-state index is 0.211. The lowest BCUT2D eigenvalue weighted by atomic mass is 10.1. The molecule has 2 aliphatic rings. The van der Waals surface area contributed by atoms with Crippen LogP contribution in [0.4, 0.5) is 0 Å². The van der Waals surface area contributed by atoms with Crippen molar-refractivity contribution in [3.05, 3.63) is 23.3 Å². The third-order valence-electron chi connectivity index (χ3n) is 4.82. The number of rotatable bonds is 4. The van der Waals surface area contributed by atoms with E-state index in [2.05, 4.69) is 40.7 Å². The van der Waals surface area contributed by atoms with E-state index in [-0.39, 0.29) is 5.91 Å². The zero-order chi connectivity index (χ0) is 17.1. The van der Waals surface area contributed by atoms with Crippen LogP contribution in [0.3, 0.4) is 0 Å². The van der Waals surface area contributed by atoms with Gasteiger partial charge in [-0.25, -0.2) is 9.97 Å². The summed E-state index contributed by atoms with van der Waals surface area (Å²) in [5, 5.41) is 0. The summed E-state index contributed by atoms with van der Waals surface area (Å²) in [6.07, 6.45) is 3.94. The van der Waals surface area contributed by atoms with Crippen LogP contribution in [-0.2, 0) is 24.3 Å². The number of hydrogen-bond acceptors (Lipinski definition) is 5. The molecule has 1 saturated heterocycles. The smallest absolute Gasteiger partial charge is 0.237 e. The molecule has 0 unspecified atom stereocenters. The highest BCUT2D eigenvalue weighted by atomic mass is 16.2. The second kappa shape index (κ2) is 7.57. The number of aromatic nitrogens is 2. The van der Waals surface area contributed by atoms with E-state index in [9.17, 15) is 4.79 Å². The van der Waals surface area contributed by atoms with Gasteiger partial charge < -0.3 is 9.80 Å². The van der Waals surface area contributed by atoms with Gasteiger partial charge in [0.15, 0.2) is 0 Å². The van der Waals surface area contributed by atoms with Gasteiger partial charge in [0.1, 0.15) is 5.82 Å². The maximum Gasteiger partial charge on any atom is 0.237 e. The first-order valence-corrected chi connectivity index (χ1v) is 9.03. The molecule has 0 radical (unpaired) electrons. The van der Waals surface area contributed by atoms with Crippen LogP contribution >= 0.6 is 0 Å². The van der Waals surface area contributed by atoms with E-state index in [1.54, 1.807) is 0 Å². The Balaban J connectivity index is 1.57. The average molecular weight is 331 g/mol. The first kappa shape index (κ1) is 17.3. The summed E-state index contributed by atoms with van der Waals surface area (Å²) < 4.78 is 0. The zero-order valence-corrected chi connectivity index (χ0v) is 15.2. The number of carbonyl (C=O) groups excluding carboxylic acids is 1. The maximum atomic E-state index is 12.7. The van der Waals surface area contributed by atoms with Gasteiger partial charge in [0.2, 0.25) is 5.91 Å². The molecular weight excluding hydrogens is 302 g/mol. The molecule has 0 aromatic carbocycles. The molecule has 6 heteroatoms. The first-order chi connectivity index (χ1) is 11.5. The van der Waals surface area contributed by atoms with Gasteiger partial charge in [0, 0.05) is 37.8 Å². The predicted molar refractivity (Wildman–Crippen MR) is 93.4 cm³/mol. The molecular formula is C18H29N5O. The van der Waals surface area contributed by atoms with Crippen molar-refractivity contribution < 1.29 is 4.79 Å². The predicted octanol–water partition coefficient (Wildman–Crippen LogP) is 1.15. The van der Waals surface area contributed by atoms with Crippen molar-refractivity contribution >= 4 is 5.91 Å². The van der Waals surface area contributed by atoms with Gasteiger partial charge in [-0.3, -0.25) is 9.69 Å². The number of hydrogen-bond donors (Lipinski definition) is 0. The van der Waals surface area contributed by atoms with Gasteiger partial charge in [-0.15, -0.1) is 0 Å². The average Bonchev–Trinajstić information content (AvgIpc) is 2.84. The van der Waals surface area contributed by atoms with Crippen LogP contribution in [0.25, 0.3) is 0 Å². The zero-order valence-electron chi connectivity index (χ0n) is 15.2. The molecule has 1 amide bonds. The normalized spacial score (nSPS) is 19.6. The molecule has 1 fully saturated rings. The minimum absolute atomic E-state index is 0.211. The van der Waals surface area contributed by atoms with Crippen molar-refractivity contribution in [3.63, 3.8) is 0 Å². The Morgan fingerprint density at radius 1 is 1.21 bits per heavy atom. The van der Waals surface area contributed by atoms with Crippen molar-refractivity contribution in [3.8, 4) is 0 Å². The Kier molecular flexibility index (Phi) is 5.46. The number of amides is 1. The minimum Gasteiger partial charge on any atom is -0.331 e. The van der Waals surface area contributed by atoms with Crippen LogP contribution in [-0.4, -0.2) is 70.3 Å². The van der Waals surface area contributed by atoms with Crippen LogP contribution in [0.2, 0.25) is 0 Å². The van der Waals surface area contributed by atoms with Crippen LogP contribution in [0.5, 0.6) is 0 Å². The Hall–Kier alpha value is -1.53. The largest absolute Gasteiger partial charge is 0.331 e. The molecule has 1 aromatic heterocycles. The highest BCUT2D eigenvalue weighted by Crippen LogP contribution is 2.21. The van der Waals surface area contributed by atoms with E-state index in [0.29, 0.717) is 25.6 Å². The summed E-state index contributed by atoms with van der Waals surface area (Å²) in [5.74, 6) is 1.65. The van der Waals surface area contributed by atoms with Crippen LogP contribution in [0.15, 0.2) is 6.20 Å². The van der Waals surface area contributed by atoms with E-state index < -0.39 is 0 Å². The third kappa shape index (κ3) is 4.30. The van der Waals surface area contributed by atoms with Crippen molar-refractivity contribution in [2.24, 2.45) is 5.92 Å². The summed E-state index contributed by atoms with van der Waals surface area (Å²) in [7, 11) is 2.15. The second-order valence-corrected chi connectivity index (χ2v) is 7.54. The molecule has 3 heterocycles. The molecule has 6 nitrogen and oxygen atoms in total. The summed E-state index contributed by atoms with van der Waals surface area (Å²) in [5.41, 5.74) is 2.14. The molecule has 0 atom stereocenters. The van der Waals surface area contributed by atoms with E-state index >= 15 is 0 Å². The molecule has 1 aromatic rings. The van der Waals surface area contributed by atoms with E-state index in [4.69, 9.17) is 0 Å². The highest BCUT2D eigenvalue weighted by Gasteiger charge is 2.26. The lowest BCUT2D eigenvalue weighted by Gasteiger charge is -2.23. The Labute approximate surface area is 144 Å². The maximum absolute atomic E-state index is 12.7. The Bertz CT molecular complexity index is 589. The molecule has 2 aliphatic heterocycles. The highest BCUT2D eigenvalue weighted by molar-refractivity contribution is 5.78. The van der Waals surface area contributed by atoms with Gasteiger partial charge in [0.05, 0.1) is 18.8 Å². The summed E-state index contributed by atoms with van der Waals surface area (Å²) in [6.45, 7) is 10.3. The van der Waals surface area contributed by atoms with Gasteiger partial charge in [-0.2, -0.15) is 0 Å². The fraction of sp³-hybridized carbons (Fsp3) is 0.722. The summed E-state index contributed by atoms with van der Waals surface area (Å²) >= 11 is 0. The van der Waals surface area contributed by atoms with Crippen molar-refractivity contribution in [2.45, 2.75) is 39.8 Å². The molecule has 0 bridgehead atoms. The molecule has 0 aliphatic carbocycles. The summed E-state index contributed by atoms with van der Waals surface area (Å²) in [6, 6.07) is 0. The SMILES string of the molecule is CC(C)Cc1ncc2c(n1)CN(C(=O)CN1CCCN(C)CC1)C2. The molecule has 132 valence electrons. The van der Waals surface area contributed by atoms with Crippen LogP contribution in [0.1, 0.15) is 37.4 Å². The van der Waals surface area contributed by atoms with Crippen LogP contribution in [0, 0.1) is 5.92 Å². The van der Waals surface area contributed by atoms with E-state index in [0.717, 1.165) is 56.1 Å². The fourth-order valence-corrected chi connectivity index (χ4v) is 3.38. The number of fused-ring (bicyclic) bond motifs is 1. The fourth-order valence-electron chi connectivity index (χ4n) is 3.38. The monoisotopic (exact) mass is 331 g/mol. The third-order valence-corrected chi connectivity index (χ3v) is 4.82. The number of carbonyl (C=O) groups is 1. The number of nitrogens with zero attached hydrogens (tertiary/aromatic N) is 5. The quantitative estimate of drug-likeness (QED) is 0.828. The lowest BCUT2D eigenvalue weighted by Crippen LogP contribution is -2.39. The molecule has 24 heavy (non-hydrogen) atoms. The standard InChI is InChI=1S/C18H29N5O/c1-14(2)9-17-19-10-15-11-23(12-16(15)20-17)18(24)13-22-6-4-5-21(3)7-8-22/h10,14H,4-9,11-13H2,1-3H3. The molecule has 0 spiro atoms. The van der Waals surface area contributed by atoms with Gasteiger partial charge in [-0.05, 0) is 32.5 Å². The molecule has 0 N–H and O–H groups in total. The first-order valence-electron chi connectivity index (χ1n) is 9.03. The molecule has 3 rings (SSSR count). The Morgan fingerprint density at radius 3 is 2.83 bits per heavy atom. The van der Waals surface area contributed by atoms with Crippen molar-refractivity contribution in [1.29, 1.82) is 0 Å². The van der Waals surface area contributed by atoms with E-state index in [1.807, 2.05) is 11.1 Å². The van der Waals surface area contributed by atoms with Gasteiger partial charge >= 0.3 is 0 Å². The lowest BCUT2D eigenvalue weighted by molar-refractivity contribution is -0.133. The van der Waals surface area contributed by atoms with Crippen molar-refractivity contribution in [2.75, 3.05) is 39.8 Å². The van der Waals surface area contributed by atoms with E-state index in [1.165, 1.54) is 0 Å². The Morgan fingerprint density at radius 2 is 2.04 bits per heavy atom. The van der Waals surface area contributed by atoms with Gasteiger partial charge in [0.25, 0.3) is 0 Å². The second-order valence-electron chi connectivity index (χ2n) is 7.54. The van der Waals surface area contributed by atoms with Crippen LogP contribution < -0.4 is 0 Å². The van der Waals surface area contributed by atoms with Gasteiger partial charge in [-0.1, -0.05) is 13.8 Å². The molecule has 0 saturated carbocycles. The number of likely N-dealkylation sites (N-methyl/N-ethyl adjacent to an activating group) is 1. The van der Waals surface area contributed by atoms with Crippen molar-refractivity contribution in [1.82, 2.24) is 24.7 Å². The summed E-state index contributed by atoms with van der Waals surface area (Å²) in [4.78, 5) is 28.3. The topological polar surface area (TPSA) is 52.6 Å².